The number of carbonyl (C=O) groups is 3. The molecule has 3 rings (SSSR count). The summed E-state index contributed by atoms with van der Waals surface area (Å²) in [6.45, 7) is 2.10. The Bertz CT molecular complexity index is 706. The van der Waals surface area contributed by atoms with Gasteiger partial charge in [0.2, 0.25) is 17.7 Å². The third kappa shape index (κ3) is 5.45. The van der Waals surface area contributed by atoms with Gasteiger partial charge in [0.05, 0.1) is 12.6 Å². The lowest BCUT2D eigenvalue weighted by molar-refractivity contribution is -0.134. The minimum atomic E-state index is -0.495. The number of primary amides is 1. The first-order valence-electron chi connectivity index (χ1n) is 9.74. The fourth-order valence-corrected chi connectivity index (χ4v) is 3.48. The van der Waals surface area contributed by atoms with Crippen molar-refractivity contribution in [1.29, 1.82) is 0 Å². The summed E-state index contributed by atoms with van der Waals surface area (Å²) < 4.78 is 11.5. The summed E-state index contributed by atoms with van der Waals surface area (Å²) in [6, 6.07) is 6.38. The molecule has 152 valence electrons. The van der Waals surface area contributed by atoms with Crippen LogP contribution in [0.2, 0.25) is 0 Å². The SMILES string of the molecule is NC(=O)c1ccc(O[C@@H]2COCC[C@H]2NC(=O)CCN2CCCCC2=O)cc1. The van der Waals surface area contributed by atoms with Gasteiger partial charge in [-0.25, -0.2) is 0 Å². The predicted molar refractivity (Wildman–Crippen MR) is 102 cm³/mol. The van der Waals surface area contributed by atoms with Gasteiger partial charge in [0.1, 0.15) is 11.9 Å². The Morgan fingerprint density at radius 2 is 2.04 bits per heavy atom. The highest BCUT2D eigenvalue weighted by Gasteiger charge is 2.29. The first-order valence-corrected chi connectivity index (χ1v) is 9.74. The van der Waals surface area contributed by atoms with Crippen LogP contribution >= 0.6 is 0 Å². The van der Waals surface area contributed by atoms with E-state index in [1.54, 1.807) is 29.2 Å². The molecule has 28 heavy (non-hydrogen) atoms. The number of hydrogen-bond acceptors (Lipinski definition) is 5. The van der Waals surface area contributed by atoms with Crippen LogP contribution in [0.1, 0.15) is 42.5 Å². The van der Waals surface area contributed by atoms with Crippen molar-refractivity contribution in [1.82, 2.24) is 10.2 Å². The average Bonchev–Trinajstić information content (AvgIpc) is 2.69. The Kier molecular flexibility index (Phi) is 6.86. The summed E-state index contributed by atoms with van der Waals surface area (Å²) in [4.78, 5) is 37.2. The van der Waals surface area contributed by atoms with E-state index in [4.69, 9.17) is 15.2 Å². The third-order valence-electron chi connectivity index (χ3n) is 5.11. The predicted octanol–water partition coefficient (Wildman–Crippen LogP) is 0.841. The zero-order valence-corrected chi connectivity index (χ0v) is 15.9. The molecule has 2 aliphatic heterocycles. The summed E-state index contributed by atoms with van der Waals surface area (Å²) in [7, 11) is 0. The average molecular weight is 389 g/mol. The monoisotopic (exact) mass is 389 g/mol. The molecular formula is C20H27N3O5. The molecule has 2 aliphatic rings. The Labute approximate surface area is 164 Å². The molecule has 8 nitrogen and oxygen atoms in total. The van der Waals surface area contributed by atoms with Gasteiger partial charge < -0.3 is 25.4 Å². The van der Waals surface area contributed by atoms with Crippen molar-refractivity contribution in [3.05, 3.63) is 29.8 Å². The van der Waals surface area contributed by atoms with Crippen LogP contribution in [0, 0.1) is 0 Å². The van der Waals surface area contributed by atoms with Gasteiger partial charge in [-0.05, 0) is 43.5 Å². The van der Waals surface area contributed by atoms with Crippen molar-refractivity contribution >= 4 is 17.7 Å². The normalized spacial score (nSPS) is 22.6. The summed E-state index contributed by atoms with van der Waals surface area (Å²) in [5.41, 5.74) is 5.65. The minimum absolute atomic E-state index is 0.0945. The molecule has 0 unspecified atom stereocenters. The number of nitrogens with one attached hydrogen (secondary N) is 1. The minimum Gasteiger partial charge on any atom is -0.486 e. The van der Waals surface area contributed by atoms with Crippen LogP contribution in [0.25, 0.3) is 0 Å². The molecule has 0 aliphatic carbocycles. The number of rotatable bonds is 7. The molecule has 3 N–H and O–H groups in total. The standard InChI is InChI=1S/C20H27N3O5/c21-20(26)14-4-6-15(7-5-14)28-17-13-27-12-9-16(17)22-18(24)8-11-23-10-2-1-3-19(23)25/h4-7,16-17H,1-3,8-13H2,(H2,21,26)(H,22,24)/t16-,17-/m1/s1. The molecule has 8 heteroatoms. The largest absolute Gasteiger partial charge is 0.486 e. The summed E-state index contributed by atoms with van der Waals surface area (Å²) in [5, 5.41) is 3.02. The number of nitrogens with zero attached hydrogens (tertiary/aromatic N) is 1. The maximum atomic E-state index is 12.4. The number of ether oxygens (including phenoxy) is 2. The molecule has 0 radical (unpaired) electrons. The van der Waals surface area contributed by atoms with Gasteiger partial charge in [-0.1, -0.05) is 0 Å². The fourth-order valence-electron chi connectivity index (χ4n) is 3.48. The maximum Gasteiger partial charge on any atom is 0.248 e. The second-order valence-electron chi connectivity index (χ2n) is 7.17. The van der Waals surface area contributed by atoms with E-state index in [1.165, 1.54) is 0 Å². The maximum absolute atomic E-state index is 12.4. The highest BCUT2D eigenvalue weighted by molar-refractivity contribution is 5.92. The molecule has 0 bridgehead atoms. The van der Waals surface area contributed by atoms with E-state index in [0.717, 1.165) is 19.4 Å². The summed E-state index contributed by atoms with van der Waals surface area (Å²) >= 11 is 0. The van der Waals surface area contributed by atoms with E-state index in [2.05, 4.69) is 5.32 Å². The van der Waals surface area contributed by atoms with Gasteiger partial charge in [-0.15, -0.1) is 0 Å². The van der Waals surface area contributed by atoms with Crippen molar-refractivity contribution in [2.45, 2.75) is 44.2 Å². The third-order valence-corrected chi connectivity index (χ3v) is 5.11. The Hall–Kier alpha value is -2.61. The van der Waals surface area contributed by atoms with Gasteiger partial charge in [0, 0.05) is 38.1 Å². The van der Waals surface area contributed by atoms with Gasteiger partial charge >= 0.3 is 0 Å². The number of nitrogens with two attached hydrogens (primary N) is 1. The Morgan fingerprint density at radius 3 is 2.75 bits per heavy atom. The van der Waals surface area contributed by atoms with E-state index in [0.29, 0.717) is 43.9 Å². The lowest BCUT2D eigenvalue weighted by Gasteiger charge is -2.33. The smallest absolute Gasteiger partial charge is 0.248 e. The Morgan fingerprint density at radius 1 is 1.25 bits per heavy atom. The molecule has 1 aromatic carbocycles. The van der Waals surface area contributed by atoms with E-state index in [1.807, 2.05) is 0 Å². The van der Waals surface area contributed by atoms with E-state index in [-0.39, 0.29) is 30.4 Å². The molecule has 2 heterocycles. The van der Waals surface area contributed by atoms with Crippen LogP contribution in [0.3, 0.4) is 0 Å². The van der Waals surface area contributed by atoms with E-state index < -0.39 is 5.91 Å². The molecule has 3 amide bonds. The van der Waals surface area contributed by atoms with Gasteiger partial charge in [-0.3, -0.25) is 14.4 Å². The molecule has 1 aromatic rings. The molecule has 0 spiro atoms. The van der Waals surface area contributed by atoms with Gasteiger partial charge in [0.25, 0.3) is 0 Å². The van der Waals surface area contributed by atoms with Crippen LogP contribution in [0.15, 0.2) is 24.3 Å². The van der Waals surface area contributed by atoms with Crippen LogP contribution in [0.4, 0.5) is 0 Å². The zero-order chi connectivity index (χ0) is 19.9. The van der Waals surface area contributed by atoms with Gasteiger partial charge in [-0.2, -0.15) is 0 Å². The molecule has 2 fully saturated rings. The number of benzene rings is 1. The number of amides is 3. The number of piperidine rings is 1. The topological polar surface area (TPSA) is 111 Å². The highest BCUT2D eigenvalue weighted by Crippen LogP contribution is 2.19. The van der Waals surface area contributed by atoms with Crippen LogP contribution < -0.4 is 15.8 Å². The second kappa shape index (κ2) is 9.54. The first-order chi connectivity index (χ1) is 13.5. The van der Waals surface area contributed by atoms with Crippen molar-refractivity contribution in [3.8, 4) is 5.75 Å². The molecular weight excluding hydrogens is 362 g/mol. The van der Waals surface area contributed by atoms with Crippen LogP contribution in [0.5, 0.6) is 5.75 Å². The first kappa shape index (κ1) is 20.1. The van der Waals surface area contributed by atoms with E-state index >= 15 is 0 Å². The molecule has 2 atom stereocenters. The lowest BCUT2D eigenvalue weighted by atomic mass is 10.1. The number of carbonyl (C=O) groups excluding carboxylic acids is 3. The lowest BCUT2D eigenvalue weighted by Crippen LogP contribution is -2.51. The molecule has 0 saturated carbocycles. The molecule has 2 saturated heterocycles. The highest BCUT2D eigenvalue weighted by atomic mass is 16.5. The number of likely N-dealkylation sites (tertiary alicyclic amines) is 1. The van der Waals surface area contributed by atoms with E-state index in [9.17, 15) is 14.4 Å². The van der Waals surface area contributed by atoms with Crippen LogP contribution in [-0.4, -0.2) is 61.1 Å². The van der Waals surface area contributed by atoms with Crippen molar-refractivity contribution in [3.63, 3.8) is 0 Å². The fraction of sp³-hybridized carbons (Fsp3) is 0.550. The van der Waals surface area contributed by atoms with Gasteiger partial charge in [0.15, 0.2) is 0 Å². The second-order valence-corrected chi connectivity index (χ2v) is 7.17. The summed E-state index contributed by atoms with van der Waals surface area (Å²) in [6.07, 6.45) is 3.11. The Balaban J connectivity index is 1.51. The zero-order valence-electron chi connectivity index (χ0n) is 15.9. The van der Waals surface area contributed by atoms with Crippen molar-refractivity contribution < 1.29 is 23.9 Å². The van der Waals surface area contributed by atoms with Crippen molar-refractivity contribution in [2.75, 3.05) is 26.3 Å². The molecule has 0 aromatic heterocycles. The quantitative estimate of drug-likeness (QED) is 0.718. The van der Waals surface area contributed by atoms with Crippen molar-refractivity contribution in [2.24, 2.45) is 5.73 Å². The number of hydrogen-bond donors (Lipinski definition) is 2. The van der Waals surface area contributed by atoms with Crippen LogP contribution in [-0.2, 0) is 14.3 Å². The summed E-state index contributed by atoms with van der Waals surface area (Å²) in [5.74, 6) is 0.122.